The quantitative estimate of drug-likeness (QED) is 0.683. The van der Waals surface area contributed by atoms with Gasteiger partial charge in [0.15, 0.2) is 0 Å². The zero-order valence-corrected chi connectivity index (χ0v) is 9.83. The third kappa shape index (κ3) is 2.82. The van der Waals surface area contributed by atoms with Gasteiger partial charge in [-0.2, -0.15) is 13.2 Å². The molecular weight excluding hydrogens is 265 g/mol. The number of amides is 2. The van der Waals surface area contributed by atoms with Gasteiger partial charge in [0.25, 0.3) is 0 Å². The Balaban J connectivity index is 1.84. The molecule has 5 nitrogen and oxygen atoms in total. The SMILES string of the molecule is O=C(NC1C=CC(C(=O)O)C1)NC1(C(F)(F)F)CC1. The van der Waals surface area contributed by atoms with E-state index >= 15 is 0 Å². The Labute approximate surface area is 106 Å². The summed E-state index contributed by atoms with van der Waals surface area (Å²) in [4.78, 5) is 22.1. The van der Waals surface area contributed by atoms with Crippen LogP contribution in [-0.4, -0.2) is 34.9 Å². The van der Waals surface area contributed by atoms with E-state index in [1.165, 1.54) is 12.2 Å². The molecule has 0 aliphatic heterocycles. The number of carboxylic acids is 1. The largest absolute Gasteiger partial charge is 0.481 e. The number of urea groups is 1. The minimum Gasteiger partial charge on any atom is -0.481 e. The fraction of sp³-hybridized carbons (Fsp3) is 0.636. The van der Waals surface area contributed by atoms with Crippen LogP contribution in [0.4, 0.5) is 18.0 Å². The molecule has 2 aliphatic rings. The Bertz CT molecular complexity index is 429. The highest BCUT2D eigenvalue weighted by atomic mass is 19.4. The topological polar surface area (TPSA) is 78.4 Å². The van der Waals surface area contributed by atoms with Crippen LogP contribution in [0, 0.1) is 5.92 Å². The summed E-state index contributed by atoms with van der Waals surface area (Å²) < 4.78 is 37.8. The van der Waals surface area contributed by atoms with Gasteiger partial charge in [0.2, 0.25) is 0 Å². The molecule has 0 aromatic carbocycles. The van der Waals surface area contributed by atoms with E-state index in [1.54, 1.807) is 0 Å². The van der Waals surface area contributed by atoms with Gasteiger partial charge < -0.3 is 15.7 Å². The smallest absolute Gasteiger partial charge is 0.411 e. The minimum atomic E-state index is -4.46. The van der Waals surface area contributed by atoms with E-state index in [1.807, 2.05) is 5.32 Å². The Kier molecular flexibility index (Phi) is 3.19. The first-order valence-corrected chi connectivity index (χ1v) is 5.80. The Morgan fingerprint density at radius 1 is 1.26 bits per heavy atom. The number of alkyl halides is 3. The molecular formula is C11H13F3N2O3. The predicted octanol–water partition coefficient (Wildman–Crippen LogP) is 1.41. The first kappa shape index (κ1) is 13.7. The molecule has 1 saturated carbocycles. The molecule has 0 aromatic rings. The second-order valence-electron chi connectivity index (χ2n) is 4.85. The maximum absolute atomic E-state index is 12.6. The van der Waals surface area contributed by atoms with E-state index in [0.29, 0.717) is 0 Å². The zero-order chi connectivity index (χ0) is 14.3. The number of rotatable bonds is 3. The summed E-state index contributed by atoms with van der Waals surface area (Å²) in [5.74, 6) is -1.72. The standard InChI is InChI=1S/C11H13F3N2O3/c12-11(13,14)10(3-4-10)16-9(19)15-7-2-1-6(5-7)8(17)18/h1-2,6-7H,3-5H2,(H,17,18)(H2,15,16,19). The van der Waals surface area contributed by atoms with E-state index in [4.69, 9.17) is 5.11 Å². The third-order valence-corrected chi connectivity index (χ3v) is 3.36. The van der Waals surface area contributed by atoms with Crippen molar-refractivity contribution in [3.8, 4) is 0 Å². The van der Waals surface area contributed by atoms with Gasteiger partial charge in [-0.3, -0.25) is 4.79 Å². The first-order chi connectivity index (χ1) is 8.73. The van der Waals surface area contributed by atoms with E-state index in [0.717, 1.165) is 0 Å². The summed E-state index contributed by atoms with van der Waals surface area (Å²) in [7, 11) is 0. The van der Waals surface area contributed by atoms with Gasteiger partial charge >= 0.3 is 18.2 Å². The second kappa shape index (κ2) is 4.43. The lowest BCUT2D eigenvalue weighted by atomic mass is 10.1. The summed E-state index contributed by atoms with van der Waals surface area (Å²) >= 11 is 0. The number of hydrogen-bond acceptors (Lipinski definition) is 2. The Hall–Kier alpha value is -1.73. The molecule has 0 radical (unpaired) electrons. The van der Waals surface area contributed by atoms with E-state index < -0.39 is 35.7 Å². The lowest BCUT2D eigenvalue weighted by Gasteiger charge is -2.22. The van der Waals surface area contributed by atoms with E-state index in [-0.39, 0.29) is 19.3 Å². The summed E-state index contributed by atoms with van der Waals surface area (Å²) in [6, 6.07) is -1.47. The lowest BCUT2D eigenvalue weighted by Crippen LogP contribution is -2.53. The fourth-order valence-corrected chi connectivity index (χ4v) is 2.02. The van der Waals surface area contributed by atoms with Gasteiger partial charge in [0.1, 0.15) is 5.54 Å². The van der Waals surface area contributed by atoms with Crippen LogP contribution in [0.2, 0.25) is 0 Å². The average molecular weight is 278 g/mol. The number of aliphatic carboxylic acids is 1. The maximum Gasteiger partial charge on any atom is 0.411 e. The van der Waals surface area contributed by atoms with Crippen molar-refractivity contribution in [3.05, 3.63) is 12.2 Å². The van der Waals surface area contributed by atoms with Crippen LogP contribution >= 0.6 is 0 Å². The monoisotopic (exact) mass is 278 g/mol. The summed E-state index contributed by atoms with van der Waals surface area (Å²) in [5, 5.41) is 13.0. The van der Waals surface area contributed by atoms with Crippen molar-refractivity contribution < 1.29 is 27.9 Å². The highest BCUT2D eigenvalue weighted by Crippen LogP contribution is 2.48. The van der Waals surface area contributed by atoms with Crippen LogP contribution in [0.5, 0.6) is 0 Å². The maximum atomic E-state index is 12.6. The van der Waals surface area contributed by atoms with Crippen LogP contribution in [-0.2, 0) is 4.79 Å². The van der Waals surface area contributed by atoms with Gasteiger partial charge in [-0.1, -0.05) is 12.2 Å². The van der Waals surface area contributed by atoms with Crippen LogP contribution in [0.15, 0.2) is 12.2 Å². The van der Waals surface area contributed by atoms with Crippen molar-refractivity contribution in [3.63, 3.8) is 0 Å². The molecule has 0 aromatic heterocycles. The Morgan fingerprint density at radius 2 is 1.89 bits per heavy atom. The van der Waals surface area contributed by atoms with Crippen LogP contribution in [0.1, 0.15) is 19.3 Å². The van der Waals surface area contributed by atoms with Crippen molar-refractivity contribution in [1.82, 2.24) is 10.6 Å². The lowest BCUT2D eigenvalue weighted by molar-refractivity contribution is -0.162. The van der Waals surface area contributed by atoms with Gasteiger partial charge in [-0.05, 0) is 19.3 Å². The van der Waals surface area contributed by atoms with Crippen molar-refractivity contribution in [1.29, 1.82) is 0 Å². The number of halogens is 3. The molecule has 0 bridgehead atoms. The van der Waals surface area contributed by atoms with Crippen molar-refractivity contribution in [2.75, 3.05) is 0 Å². The molecule has 1 fully saturated rings. The van der Waals surface area contributed by atoms with Crippen molar-refractivity contribution in [2.45, 2.75) is 37.0 Å². The molecule has 2 unspecified atom stereocenters. The number of carbonyl (C=O) groups is 2. The van der Waals surface area contributed by atoms with E-state index in [9.17, 15) is 22.8 Å². The van der Waals surface area contributed by atoms with Crippen molar-refractivity contribution >= 4 is 12.0 Å². The predicted molar refractivity (Wildman–Crippen MR) is 58.4 cm³/mol. The number of carbonyl (C=O) groups excluding carboxylic acids is 1. The second-order valence-corrected chi connectivity index (χ2v) is 4.85. The van der Waals surface area contributed by atoms with Gasteiger partial charge in [0, 0.05) is 0 Å². The first-order valence-electron chi connectivity index (χ1n) is 5.80. The zero-order valence-electron chi connectivity index (χ0n) is 9.83. The fourth-order valence-electron chi connectivity index (χ4n) is 2.02. The number of carboxylic acid groups (broad SMARTS) is 1. The molecule has 8 heteroatoms. The molecule has 3 N–H and O–H groups in total. The third-order valence-electron chi connectivity index (χ3n) is 3.36. The molecule has 0 saturated heterocycles. The van der Waals surface area contributed by atoms with Gasteiger partial charge in [0.05, 0.1) is 12.0 Å². The molecule has 19 heavy (non-hydrogen) atoms. The van der Waals surface area contributed by atoms with Crippen LogP contribution in [0.25, 0.3) is 0 Å². The summed E-state index contributed by atoms with van der Waals surface area (Å²) in [6.45, 7) is 0. The summed E-state index contributed by atoms with van der Waals surface area (Å²) in [5.41, 5.74) is -2.11. The minimum absolute atomic E-state index is 0.123. The number of nitrogens with one attached hydrogen (secondary N) is 2. The molecule has 2 rings (SSSR count). The molecule has 0 heterocycles. The van der Waals surface area contributed by atoms with Gasteiger partial charge in [-0.25, -0.2) is 4.79 Å². The van der Waals surface area contributed by atoms with Gasteiger partial charge in [-0.15, -0.1) is 0 Å². The number of hydrogen-bond donors (Lipinski definition) is 3. The highest BCUT2D eigenvalue weighted by Gasteiger charge is 2.64. The normalized spacial score (nSPS) is 27.9. The molecule has 106 valence electrons. The average Bonchev–Trinajstić information content (AvgIpc) is 2.89. The molecule has 0 spiro atoms. The molecule has 2 atom stereocenters. The van der Waals surface area contributed by atoms with Crippen LogP contribution in [0.3, 0.4) is 0 Å². The molecule has 2 amide bonds. The molecule has 2 aliphatic carbocycles. The van der Waals surface area contributed by atoms with Crippen LogP contribution < -0.4 is 10.6 Å². The Morgan fingerprint density at radius 3 is 2.32 bits per heavy atom. The summed E-state index contributed by atoms with van der Waals surface area (Å²) in [6.07, 6.45) is -1.65. The highest BCUT2D eigenvalue weighted by molar-refractivity contribution is 5.77. The van der Waals surface area contributed by atoms with Crippen molar-refractivity contribution in [2.24, 2.45) is 5.92 Å². The van der Waals surface area contributed by atoms with E-state index in [2.05, 4.69) is 5.32 Å².